The van der Waals surface area contributed by atoms with Crippen molar-refractivity contribution < 1.29 is 0 Å². The van der Waals surface area contributed by atoms with Crippen LogP contribution in [0.4, 0.5) is 11.4 Å². The Balaban J connectivity index is 2.40. The van der Waals surface area contributed by atoms with Gasteiger partial charge in [-0.25, -0.2) is 0 Å². The number of halogens is 1. The van der Waals surface area contributed by atoms with Crippen LogP contribution in [0.3, 0.4) is 0 Å². The highest BCUT2D eigenvalue weighted by Crippen LogP contribution is 2.22. The fourth-order valence-corrected chi connectivity index (χ4v) is 2.37. The van der Waals surface area contributed by atoms with Gasteiger partial charge in [0.2, 0.25) is 0 Å². The number of nitrogens with one attached hydrogen (secondary N) is 1. The Morgan fingerprint density at radius 3 is 2.64 bits per heavy atom. The maximum Gasteiger partial charge on any atom is 0.0672 e. The lowest BCUT2D eigenvalue weighted by Crippen LogP contribution is -2.18. The molecule has 2 rings (SSSR count). The Kier molecular flexibility index (Phi) is 5.61. The summed E-state index contributed by atoms with van der Waals surface area (Å²) in [4.78, 5) is 0. The Bertz CT molecular complexity index is 665. The molecule has 0 bridgehead atoms. The topological polar surface area (TPSA) is 27.6 Å². The summed E-state index contributed by atoms with van der Waals surface area (Å²) in [6, 6.07) is 15.8. The number of hydrazone groups is 1. The van der Waals surface area contributed by atoms with Crippen molar-refractivity contribution in [2.24, 2.45) is 5.10 Å². The molecule has 22 heavy (non-hydrogen) atoms. The summed E-state index contributed by atoms with van der Waals surface area (Å²) in [5.41, 5.74) is 3.89. The van der Waals surface area contributed by atoms with Crippen molar-refractivity contribution in [1.29, 1.82) is 0 Å². The van der Waals surface area contributed by atoms with E-state index in [1.54, 1.807) is 0 Å². The number of nitrogens with zero attached hydrogens (tertiary/aromatic N) is 2. The molecule has 1 N–H and O–H groups in total. The number of anilines is 2. The van der Waals surface area contributed by atoms with Gasteiger partial charge in [-0.1, -0.05) is 35.9 Å². The number of benzene rings is 2. The van der Waals surface area contributed by atoms with Crippen LogP contribution in [0.1, 0.15) is 12.5 Å². The van der Waals surface area contributed by atoms with Gasteiger partial charge >= 0.3 is 0 Å². The van der Waals surface area contributed by atoms with E-state index < -0.39 is 0 Å². The molecule has 0 aliphatic carbocycles. The van der Waals surface area contributed by atoms with E-state index in [-0.39, 0.29) is 0 Å². The van der Waals surface area contributed by atoms with Crippen LogP contribution in [0.5, 0.6) is 0 Å². The largest absolute Gasteiger partial charge is 0.388 e. The monoisotopic (exact) mass is 313 g/mol. The van der Waals surface area contributed by atoms with Crippen LogP contribution < -0.4 is 10.3 Å². The van der Waals surface area contributed by atoms with Crippen LogP contribution in [0, 0.1) is 0 Å². The van der Waals surface area contributed by atoms with Gasteiger partial charge in [-0.3, -0.25) is 5.01 Å². The lowest BCUT2D eigenvalue weighted by Gasteiger charge is -2.19. The minimum absolute atomic E-state index is 0.636. The first kappa shape index (κ1) is 16.1. The van der Waals surface area contributed by atoms with Gasteiger partial charge in [-0.15, -0.1) is 6.58 Å². The number of para-hydroxylation sites is 1. The fourth-order valence-electron chi connectivity index (χ4n) is 2.20. The second kappa shape index (κ2) is 7.66. The lowest BCUT2D eigenvalue weighted by atomic mass is 10.1. The van der Waals surface area contributed by atoms with E-state index in [0.717, 1.165) is 22.6 Å². The predicted octanol–water partition coefficient (Wildman–Crippen LogP) is 4.80. The van der Waals surface area contributed by atoms with E-state index >= 15 is 0 Å². The number of hydrogen-bond acceptors (Lipinski definition) is 3. The lowest BCUT2D eigenvalue weighted by molar-refractivity contribution is 0.940. The second-order valence-electron chi connectivity index (χ2n) is 4.83. The van der Waals surface area contributed by atoms with Gasteiger partial charge in [0.15, 0.2) is 0 Å². The zero-order valence-corrected chi connectivity index (χ0v) is 13.6. The van der Waals surface area contributed by atoms with Gasteiger partial charge in [0, 0.05) is 23.3 Å². The Morgan fingerprint density at radius 1 is 1.27 bits per heavy atom. The summed E-state index contributed by atoms with van der Waals surface area (Å²) in [5.74, 6) is 0. The van der Waals surface area contributed by atoms with Crippen molar-refractivity contribution in [2.45, 2.75) is 6.92 Å². The van der Waals surface area contributed by atoms with Gasteiger partial charge in [-0.2, -0.15) is 5.10 Å². The van der Waals surface area contributed by atoms with Crippen molar-refractivity contribution in [3.8, 4) is 0 Å². The van der Waals surface area contributed by atoms with Crippen molar-refractivity contribution in [3.63, 3.8) is 0 Å². The van der Waals surface area contributed by atoms with Gasteiger partial charge in [0.05, 0.1) is 17.9 Å². The standard InChI is InChI=1S/C18H20ClN3/c1-4-12-22(16-8-6-5-7-9-16)21-14(2)17-13-15(19)10-11-18(17)20-3/h4-11,13,20H,1,12H2,2-3H3/b21-14+. The molecular formula is C18H20ClN3. The molecule has 0 heterocycles. The average Bonchev–Trinajstić information content (AvgIpc) is 2.55. The highest BCUT2D eigenvalue weighted by molar-refractivity contribution is 6.31. The van der Waals surface area contributed by atoms with Crippen molar-refractivity contribution in [3.05, 3.63) is 71.8 Å². The molecule has 3 nitrogen and oxygen atoms in total. The molecule has 114 valence electrons. The number of rotatable bonds is 6. The molecule has 0 saturated carbocycles. The third kappa shape index (κ3) is 3.89. The van der Waals surface area contributed by atoms with Crippen molar-refractivity contribution in [1.82, 2.24) is 0 Å². The zero-order valence-electron chi connectivity index (χ0n) is 12.9. The molecule has 0 fully saturated rings. The van der Waals surface area contributed by atoms with Crippen LogP contribution in [0.15, 0.2) is 66.3 Å². The SMILES string of the molecule is C=CCN(/N=C(\C)c1cc(Cl)ccc1NC)c1ccccc1. The first-order chi connectivity index (χ1) is 10.7. The van der Waals surface area contributed by atoms with Gasteiger partial charge in [-0.05, 0) is 37.3 Å². The summed E-state index contributed by atoms with van der Waals surface area (Å²) >= 11 is 6.12. The predicted molar refractivity (Wildman–Crippen MR) is 97.2 cm³/mol. The molecule has 2 aromatic rings. The summed E-state index contributed by atoms with van der Waals surface area (Å²) in [6.07, 6.45) is 1.83. The quantitative estimate of drug-likeness (QED) is 0.471. The normalized spacial score (nSPS) is 11.1. The maximum absolute atomic E-state index is 6.12. The molecule has 0 aliphatic heterocycles. The summed E-state index contributed by atoms with van der Waals surface area (Å²) < 4.78 is 0. The Hall–Kier alpha value is -2.26. The van der Waals surface area contributed by atoms with Crippen LogP contribution in [-0.2, 0) is 0 Å². The molecule has 0 radical (unpaired) electrons. The van der Waals surface area contributed by atoms with E-state index in [4.69, 9.17) is 16.7 Å². The zero-order chi connectivity index (χ0) is 15.9. The van der Waals surface area contributed by atoms with E-state index in [9.17, 15) is 0 Å². The third-order valence-electron chi connectivity index (χ3n) is 3.27. The molecular weight excluding hydrogens is 294 g/mol. The molecule has 0 aliphatic rings. The molecule has 0 amide bonds. The highest BCUT2D eigenvalue weighted by atomic mass is 35.5. The van der Waals surface area contributed by atoms with Gasteiger partial charge < -0.3 is 5.32 Å². The number of hydrogen-bond donors (Lipinski definition) is 1. The van der Waals surface area contributed by atoms with Crippen LogP contribution in [0.25, 0.3) is 0 Å². The smallest absolute Gasteiger partial charge is 0.0672 e. The molecule has 0 unspecified atom stereocenters. The summed E-state index contributed by atoms with van der Waals surface area (Å²) in [7, 11) is 1.89. The molecule has 4 heteroatoms. The van der Waals surface area contributed by atoms with Crippen LogP contribution in [0.2, 0.25) is 5.02 Å². The molecule has 0 aromatic heterocycles. The third-order valence-corrected chi connectivity index (χ3v) is 3.50. The van der Waals surface area contributed by atoms with E-state index in [1.807, 2.05) is 73.6 Å². The van der Waals surface area contributed by atoms with E-state index in [0.29, 0.717) is 11.6 Å². The van der Waals surface area contributed by atoms with Crippen LogP contribution >= 0.6 is 11.6 Å². The van der Waals surface area contributed by atoms with Crippen molar-refractivity contribution >= 4 is 28.7 Å². The Labute approximate surface area is 136 Å². The first-order valence-corrected chi connectivity index (χ1v) is 7.50. The molecule has 0 atom stereocenters. The average molecular weight is 314 g/mol. The molecule has 0 saturated heterocycles. The van der Waals surface area contributed by atoms with Gasteiger partial charge in [0.1, 0.15) is 0 Å². The fraction of sp³-hybridized carbons (Fsp3) is 0.167. The van der Waals surface area contributed by atoms with Crippen LogP contribution in [-0.4, -0.2) is 19.3 Å². The highest BCUT2D eigenvalue weighted by Gasteiger charge is 2.09. The van der Waals surface area contributed by atoms with Crippen molar-refractivity contribution in [2.75, 3.05) is 23.9 Å². The summed E-state index contributed by atoms with van der Waals surface area (Å²) in [5, 5.41) is 10.5. The second-order valence-corrected chi connectivity index (χ2v) is 5.27. The van der Waals surface area contributed by atoms with E-state index in [2.05, 4.69) is 11.9 Å². The molecule has 2 aromatic carbocycles. The van der Waals surface area contributed by atoms with E-state index in [1.165, 1.54) is 0 Å². The van der Waals surface area contributed by atoms with Gasteiger partial charge in [0.25, 0.3) is 0 Å². The molecule has 0 spiro atoms. The minimum Gasteiger partial charge on any atom is -0.388 e. The maximum atomic E-state index is 6.12. The first-order valence-electron chi connectivity index (χ1n) is 7.12. The summed E-state index contributed by atoms with van der Waals surface area (Å²) in [6.45, 7) is 6.42. The minimum atomic E-state index is 0.636. The Morgan fingerprint density at radius 2 is 2.00 bits per heavy atom.